The molecule has 0 aliphatic heterocycles. The minimum Gasteiger partial charge on any atom is -0.290 e. The Labute approximate surface area is 159 Å². The molecule has 0 saturated carbocycles. The van der Waals surface area contributed by atoms with E-state index in [1.807, 2.05) is 37.3 Å². The van der Waals surface area contributed by atoms with Gasteiger partial charge in [0.15, 0.2) is 0 Å². The van der Waals surface area contributed by atoms with Crippen LogP contribution in [0.25, 0.3) is 5.69 Å². The Morgan fingerprint density at radius 1 is 1.19 bits per heavy atom. The average molecular weight is 384 g/mol. The number of benzene rings is 1. The molecule has 3 aromatic rings. The second-order valence-electron chi connectivity index (χ2n) is 5.73. The SMILES string of the molecule is CSC(C#N)(C(=O)c1sc(C)nc1C)c1nn(-c2ccccc2)nc1C. The Morgan fingerprint density at radius 3 is 2.42 bits per heavy atom. The lowest BCUT2D eigenvalue weighted by Gasteiger charge is -2.20. The van der Waals surface area contributed by atoms with E-state index in [0.29, 0.717) is 22.0 Å². The van der Waals surface area contributed by atoms with Gasteiger partial charge >= 0.3 is 0 Å². The van der Waals surface area contributed by atoms with Crippen LogP contribution in [0, 0.1) is 32.1 Å². The molecule has 132 valence electrons. The summed E-state index contributed by atoms with van der Waals surface area (Å²) in [6.45, 7) is 5.40. The van der Waals surface area contributed by atoms with Gasteiger partial charge in [-0.2, -0.15) is 15.2 Å². The fraction of sp³-hybridized carbons (Fsp3) is 0.278. The molecule has 2 aromatic heterocycles. The topological polar surface area (TPSA) is 84.5 Å². The zero-order valence-corrected chi connectivity index (χ0v) is 16.5. The van der Waals surface area contributed by atoms with Crippen LogP contribution in [0.3, 0.4) is 0 Å². The standard InChI is InChI=1S/C18H17N5OS2/c1-11-15(26-13(3)20-11)17(24)18(10-19,25-4)16-12(2)21-23(22-16)14-8-6-5-7-9-14/h5-9H,1-4H3. The highest BCUT2D eigenvalue weighted by Gasteiger charge is 2.46. The minimum atomic E-state index is -1.46. The molecule has 0 aliphatic carbocycles. The van der Waals surface area contributed by atoms with Crippen molar-refractivity contribution in [1.82, 2.24) is 20.0 Å². The summed E-state index contributed by atoms with van der Waals surface area (Å²) in [5.74, 6) is -0.293. The van der Waals surface area contributed by atoms with Crippen molar-refractivity contribution in [2.45, 2.75) is 25.5 Å². The highest BCUT2D eigenvalue weighted by atomic mass is 32.2. The predicted molar refractivity (Wildman–Crippen MR) is 103 cm³/mol. The van der Waals surface area contributed by atoms with Crippen molar-refractivity contribution < 1.29 is 4.79 Å². The van der Waals surface area contributed by atoms with Gasteiger partial charge in [-0.3, -0.25) is 4.79 Å². The molecule has 0 radical (unpaired) electrons. The normalized spacial score (nSPS) is 13.2. The highest BCUT2D eigenvalue weighted by molar-refractivity contribution is 8.00. The van der Waals surface area contributed by atoms with E-state index in [2.05, 4.69) is 21.3 Å². The van der Waals surface area contributed by atoms with Gasteiger partial charge in [0.25, 0.3) is 0 Å². The number of para-hydroxylation sites is 1. The van der Waals surface area contributed by atoms with E-state index in [0.717, 1.165) is 10.7 Å². The molecule has 0 N–H and O–H groups in total. The van der Waals surface area contributed by atoms with Crippen LogP contribution >= 0.6 is 23.1 Å². The van der Waals surface area contributed by atoms with Gasteiger partial charge in [0.05, 0.1) is 33.0 Å². The van der Waals surface area contributed by atoms with Crippen LogP contribution in [0.1, 0.15) is 31.8 Å². The first kappa shape index (κ1) is 18.3. The van der Waals surface area contributed by atoms with Gasteiger partial charge in [-0.1, -0.05) is 18.2 Å². The summed E-state index contributed by atoms with van der Waals surface area (Å²) >= 11 is 2.47. The van der Waals surface area contributed by atoms with E-state index in [4.69, 9.17) is 0 Å². The third-order valence-corrected chi connectivity index (χ3v) is 6.15. The zero-order valence-electron chi connectivity index (χ0n) is 14.8. The Kier molecular flexibility index (Phi) is 4.94. The van der Waals surface area contributed by atoms with Gasteiger partial charge in [-0.05, 0) is 39.2 Å². The van der Waals surface area contributed by atoms with Crippen molar-refractivity contribution in [3.63, 3.8) is 0 Å². The maximum atomic E-state index is 13.3. The summed E-state index contributed by atoms with van der Waals surface area (Å²) in [5.41, 5.74) is 2.33. The van der Waals surface area contributed by atoms with E-state index < -0.39 is 4.75 Å². The summed E-state index contributed by atoms with van der Waals surface area (Å²) in [4.78, 5) is 19.6. The summed E-state index contributed by atoms with van der Waals surface area (Å²) in [5, 5.41) is 19.7. The van der Waals surface area contributed by atoms with Gasteiger partial charge in [0, 0.05) is 0 Å². The minimum absolute atomic E-state index is 0.293. The maximum Gasteiger partial charge on any atom is 0.211 e. The molecule has 0 amide bonds. The number of thiazole rings is 1. The average Bonchev–Trinajstić information content (AvgIpc) is 3.19. The van der Waals surface area contributed by atoms with E-state index in [1.54, 1.807) is 20.1 Å². The summed E-state index contributed by atoms with van der Waals surface area (Å²) in [6, 6.07) is 11.6. The molecule has 26 heavy (non-hydrogen) atoms. The second kappa shape index (κ2) is 7.02. The number of hydrogen-bond donors (Lipinski definition) is 0. The second-order valence-corrected chi connectivity index (χ2v) is 7.96. The first-order valence-electron chi connectivity index (χ1n) is 7.88. The Bertz CT molecular complexity index is 1000. The number of carbonyl (C=O) groups is 1. The lowest BCUT2D eigenvalue weighted by Crippen LogP contribution is -2.32. The van der Waals surface area contributed by atoms with Crippen LogP contribution in [-0.4, -0.2) is 32.0 Å². The summed E-state index contributed by atoms with van der Waals surface area (Å²) in [7, 11) is 0. The number of aryl methyl sites for hydroxylation is 3. The van der Waals surface area contributed by atoms with Gasteiger partial charge in [-0.15, -0.1) is 28.2 Å². The Balaban J connectivity index is 2.14. The molecule has 1 atom stereocenters. The molecule has 0 spiro atoms. The Morgan fingerprint density at radius 2 is 1.88 bits per heavy atom. The fourth-order valence-electron chi connectivity index (χ4n) is 2.73. The number of rotatable bonds is 5. The first-order valence-corrected chi connectivity index (χ1v) is 9.92. The molecule has 0 saturated heterocycles. The van der Waals surface area contributed by atoms with Crippen molar-refractivity contribution >= 4 is 28.9 Å². The van der Waals surface area contributed by atoms with Gasteiger partial charge in [-0.25, -0.2) is 4.98 Å². The highest BCUT2D eigenvalue weighted by Crippen LogP contribution is 2.40. The van der Waals surface area contributed by atoms with Crippen LogP contribution in [0.2, 0.25) is 0 Å². The van der Waals surface area contributed by atoms with E-state index in [1.165, 1.54) is 27.9 Å². The van der Waals surface area contributed by atoms with Crippen LogP contribution in [-0.2, 0) is 4.75 Å². The molecule has 2 heterocycles. The largest absolute Gasteiger partial charge is 0.290 e. The summed E-state index contributed by atoms with van der Waals surface area (Å²) in [6.07, 6.45) is 1.74. The zero-order chi connectivity index (χ0) is 18.9. The first-order chi connectivity index (χ1) is 12.4. The fourth-order valence-corrected chi connectivity index (χ4v) is 4.47. The number of carbonyl (C=O) groups excluding carboxylic acids is 1. The van der Waals surface area contributed by atoms with Crippen molar-refractivity contribution in [3.8, 4) is 11.8 Å². The van der Waals surface area contributed by atoms with Gasteiger partial charge in [0.2, 0.25) is 10.5 Å². The third-order valence-electron chi connectivity index (χ3n) is 4.00. The molecular formula is C18H17N5OS2. The van der Waals surface area contributed by atoms with Crippen LogP contribution in [0.4, 0.5) is 0 Å². The molecule has 0 bridgehead atoms. The maximum absolute atomic E-state index is 13.3. The number of ketones is 1. The van der Waals surface area contributed by atoms with Crippen LogP contribution in [0.15, 0.2) is 30.3 Å². The van der Waals surface area contributed by atoms with E-state index in [9.17, 15) is 10.1 Å². The van der Waals surface area contributed by atoms with Crippen LogP contribution in [0.5, 0.6) is 0 Å². The van der Waals surface area contributed by atoms with Crippen molar-refractivity contribution in [3.05, 3.63) is 57.3 Å². The third kappa shape index (κ3) is 2.93. The number of hydrogen-bond acceptors (Lipinski definition) is 7. The smallest absolute Gasteiger partial charge is 0.211 e. The predicted octanol–water partition coefficient (Wildman–Crippen LogP) is 3.61. The van der Waals surface area contributed by atoms with Crippen LogP contribution < -0.4 is 0 Å². The molecule has 8 heteroatoms. The van der Waals surface area contributed by atoms with Crippen molar-refractivity contribution in [2.75, 3.05) is 6.26 Å². The number of Topliss-reactive ketones (excluding diaryl/α,β-unsaturated/α-hetero) is 1. The monoisotopic (exact) mass is 383 g/mol. The molecular weight excluding hydrogens is 366 g/mol. The van der Waals surface area contributed by atoms with Crippen molar-refractivity contribution in [2.24, 2.45) is 0 Å². The molecule has 0 aliphatic rings. The summed E-state index contributed by atoms with van der Waals surface area (Å²) < 4.78 is -1.46. The Hall–Kier alpha value is -2.50. The number of aromatic nitrogens is 4. The molecule has 1 aromatic carbocycles. The van der Waals surface area contributed by atoms with Gasteiger partial charge < -0.3 is 0 Å². The molecule has 0 fully saturated rings. The molecule has 1 unspecified atom stereocenters. The van der Waals surface area contributed by atoms with Crippen molar-refractivity contribution in [1.29, 1.82) is 5.26 Å². The lowest BCUT2D eigenvalue weighted by atomic mass is 9.97. The molecule has 3 rings (SSSR count). The number of nitrogens with zero attached hydrogens (tertiary/aromatic N) is 5. The van der Waals surface area contributed by atoms with E-state index >= 15 is 0 Å². The quantitative estimate of drug-likeness (QED) is 0.626. The molecule has 6 nitrogen and oxygen atoms in total. The lowest BCUT2D eigenvalue weighted by molar-refractivity contribution is 0.0966. The van der Waals surface area contributed by atoms with Gasteiger partial charge in [0.1, 0.15) is 5.69 Å². The number of nitriles is 1. The number of thioether (sulfide) groups is 1. The van der Waals surface area contributed by atoms with E-state index in [-0.39, 0.29) is 5.78 Å².